The molecule has 15 heavy (non-hydrogen) atoms. The molecule has 3 nitrogen and oxygen atoms in total. The number of rotatable bonds is 3. The normalized spacial score (nSPS) is 15.8. The highest BCUT2D eigenvalue weighted by molar-refractivity contribution is 6.31. The van der Waals surface area contributed by atoms with Gasteiger partial charge in [0.15, 0.2) is 5.58 Å². The Kier molecular flexibility index (Phi) is 2.06. The summed E-state index contributed by atoms with van der Waals surface area (Å²) in [5.74, 6) is 0.809. The average Bonchev–Trinajstić information content (AvgIpc) is 2.95. The Labute approximate surface area is 92.4 Å². The first-order chi connectivity index (χ1) is 7.31. The zero-order valence-electron chi connectivity index (χ0n) is 8.16. The van der Waals surface area contributed by atoms with E-state index in [4.69, 9.17) is 16.0 Å². The SMILES string of the molecule is Clc1ccc2nc(NCC3CC3)oc2c1. The summed E-state index contributed by atoms with van der Waals surface area (Å²) in [5, 5.41) is 3.87. The maximum absolute atomic E-state index is 5.86. The lowest BCUT2D eigenvalue weighted by molar-refractivity contribution is 0.611. The van der Waals surface area contributed by atoms with Crippen molar-refractivity contribution < 1.29 is 4.42 Å². The number of benzene rings is 1. The number of oxazole rings is 1. The predicted molar refractivity (Wildman–Crippen MR) is 60.2 cm³/mol. The van der Waals surface area contributed by atoms with E-state index in [1.54, 1.807) is 6.07 Å². The van der Waals surface area contributed by atoms with Crippen molar-refractivity contribution in [2.75, 3.05) is 11.9 Å². The van der Waals surface area contributed by atoms with Crippen LogP contribution >= 0.6 is 11.6 Å². The molecule has 1 fully saturated rings. The number of hydrogen-bond acceptors (Lipinski definition) is 3. The average molecular weight is 223 g/mol. The van der Waals surface area contributed by atoms with Crippen LogP contribution in [0.25, 0.3) is 11.1 Å². The summed E-state index contributed by atoms with van der Waals surface area (Å²) in [6.07, 6.45) is 2.64. The second-order valence-electron chi connectivity index (χ2n) is 3.96. The molecule has 3 rings (SSSR count). The fraction of sp³-hybridized carbons (Fsp3) is 0.364. The Bertz CT molecular complexity index is 490. The van der Waals surface area contributed by atoms with Crippen LogP contribution in [0.2, 0.25) is 5.02 Å². The molecule has 1 heterocycles. The molecule has 0 atom stereocenters. The molecule has 1 aromatic heterocycles. The van der Waals surface area contributed by atoms with E-state index in [0.717, 1.165) is 23.6 Å². The van der Waals surface area contributed by atoms with Crippen LogP contribution < -0.4 is 5.32 Å². The maximum atomic E-state index is 5.86. The van der Waals surface area contributed by atoms with Crippen molar-refractivity contribution in [2.24, 2.45) is 5.92 Å². The minimum Gasteiger partial charge on any atom is -0.424 e. The molecule has 0 aliphatic heterocycles. The molecule has 1 aromatic carbocycles. The summed E-state index contributed by atoms with van der Waals surface area (Å²) >= 11 is 5.86. The van der Waals surface area contributed by atoms with Crippen molar-refractivity contribution in [3.05, 3.63) is 23.2 Å². The summed E-state index contributed by atoms with van der Waals surface area (Å²) in [7, 11) is 0. The third-order valence-electron chi connectivity index (χ3n) is 2.59. The summed E-state index contributed by atoms with van der Waals surface area (Å²) in [6, 6.07) is 6.06. The first-order valence-electron chi connectivity index (χ1n) is 5.11. The Morgan fingerprint density at radius 2 is 2.33 bits per heavy atom. The largest absolute Gasteiger partial charge is 0.424 e. The number of nitrogens with one attached hydrogen (secondary N) is 1. The zero-order chi connectivity index (χ0) is 10.3. The monoisotopic (exact) mass is 222 g/mol. The number of anilines is 1. The Hall–Kier alpha value is -1.22. The van der Waals surface area contributed by atoms with Gasteiger partial charge in [-0.15, -0.1) is 0 Å². The lowest BCUT2D eigenvalue weighted by Crippen LogP contribution is -2.02. The van der Waals surface area contributed by atoms with Crippen molar-refractivity contribution >= 4 is 28.7 Å². The molecule has 0 saturated heterocycles. The molecule has 1 aliphatic carbocycles. The molecule has 0 bridgehead atoms. The standard InChI is InChI=1S/C11H11ClN2O/c12-8-3-4-9-10(5-8)15-11(14-9)13-6-7-1-2-7/h3-5,7H,1-2,6H2,(H,13,14). The summed E-state index contributed by atoms with van der Waals surface area (Å²) < 4.78 is 5.52. The quantitative estimate of drug-likeness (QED) is 0.866. The van der Waals surface area contributed by atoms with Gasteiger partial charge in [0.2, 0.25) is 0 Å². The van der Waals surface area contributed by atoms with Gasteiger partial charge in [0, 0.05) is 17.6 Å². The van der Waals surface area contributed by atoms with Gasteiger partial charge in [-0.1, -0.05) is 11.6 Å². The van der Waals surface area contributed by atoms with Gasteiger partial charge in [-0.25, -0.2) is 0 Å². The van der Waals surface area contributed by atoms with Crippen LogP contribution in [0.3, 0.4) is 0 Å². The topological polar surface area (TPSA) is 38.1 Å². The first kappa shape index (κ1) is 9.04. The molecule has 0 amide bonds. The first-order valence-corrected chi connectivity index (χ1v) is 5.49. The van der Waals surface area contributed by atoms with Crippen LogP contribution in [-0.4, -0.2) is 11.5 Å². The van der Waals surface area contributed by atoms with E-state index in [2.05, 4.69) is 10.3 Å². The zero-order valence-corrected chi connectivity index (χ0v) is 8.92. The maximum Gasteiger partial charge on any atom is 0.295 e. The number of nitrogens with zero attached hydrogens (tertiary/aromatic N) is 1. The fourth-order valence-corrected chi connectivity index (χ4v) is 1.69. The van der Waals surface area contributed by atoms with Gasteiger partial charge in [0.25, 0.3) is 6.01 Å². The van der Waals surface area contributed by atoms with Gasteiger partial charge in [0.05, 0.1) is 0 Å². The molecule has 0 radical (unpaired) electrons. The van der Waals surface area contributed by atoms with E-state index in [1.807, 2.05) is 12.1 Å². The Morgan fingerprint density at radius 3 is 3.13 bits per heavy atom. The second-order valence-corrected chi connectivity index (χ2v) is 4.39. The predicted octanol–water partition coefficient (Wildman–Crippen LogP) is 3.30. The fourth-order valence-electron chi connectivity index (χ4n) is 1.53. The van der Waals surface area contributed by atoms with Gasteiger partial charge < -0.3 is 9.73 Å². The van der Waals surface area contributed by atoms with E-state index in [0.29, 0.717) is 11.0 Å². The van der Waals surface area contributed by atoms with Crippen LogP contribution in [0.5, 0.6) is 0 Å². The van der Waals surface area contributed by atoms with Gasteiger partial charge in [-0.2, -0.15) is 4.98 Å². The van der Waals surface area contributed by atoms with Crippen LogP contribution in [0.4, 0.5) is 6.01 Å². The number of hydrogen-bond donors (Lipinski definition) is 1. The molecular formula is C11H11ClN2O. The van der Waals surface area contributed by atoms with Crippen LogP contribution in [0.1, 0.15) is 12.8 Å². The van der Waals surface area contributed by atoms with Crippen molar-refractivity contribution in [1.29, 1.82) is 0 Å². The molecular weight excluding hydrogens is 212 g/mol. The third-order valence-corrected chi connectivity index (χ3v) is 2.82. The lowest BCUT2D eigenvalue weighted by Gasteiger charge is -1.96. The molecule has 2 aromatic rings. The van der Waals surface area contributed by atoms with Gasteiger partial charge in [-0.3, -0.25) is 0 Å². The Balaban J connectivity index is 1.84. The summed E-state index contributed by atoms with van der Waals surface area (Å²) in [5.41, 5.74) is 1.58. The van der Waals surface area contributed by atoms with E-state index < -0.39 is 0 Å². The van der Waals surface area contributed by atoms with E-state index in [9.17, 15) is 0 Å². The highest BCUT2D eigenvalue weighted by Gasteiger charge is 2.21. The minimum atomic E-state index is 0.596. The summed E-state index contributed by atoms with van der Waals surface area (Å²) in [4.78, 5) is 4.32. The van der Waals surface area contributed by atoms with Gasteiger partial charge in [-0.05, 0) is 30.9 Å². The van der Waals surface area contributed by atoms with Gasteiger partial charge >= 0.3 is 0 Å². The molecule has 1 aliphatic rings. The summed E-state index contributed by atoms with van der Waals surface area (Å²) in [6.45, 7) is 0.959. The van der Waals surface area contributed by atoms with Crippen molar-refractivity contribution in [1.82, 2.24) is 4.98 Å². The molecule has 0 unspecified atom stereocenters. The third kappa shape index (κ3) is 1.92. The molecule has 4 heteroatoms. The number of halogens is 1. The number of aromatic nitrogens is 1. The van der Waals surface area contributed by atoms with Crippen LogP contribution in [0, 0.1) is 5.92 Å². The molecule has 1 saturated carbocycles. The van der Waals surface area contributed by atoms with Crippen molar-refractivity contribution in [3.63, 3.8) is 0 Å². The van der Waals surface area contributed by atoms with Gasteiger partial charge in [0.1, 0.15) is 5.52 Å². The van der Waals surface area contributed by atoms with Crippen LogP contribution in [-0.2, 0) is 0 Å². The number of fused-ring (bicyclic) bond motifs is 1. The van der Waals surface area contributed by atoms with E-state index in [1.165, 1.54) is 12.8 Å². The molecule has 1 N–H and O–H groups in total. The van der Waals surface area contributed by atoms with Crippen LogP contribution in [0.15, 0.2) is 22.6 Å². The van der Waals surface area contributed by atoms with E-state index >= 15 is 0 Å². The van der Waals surface area contributed by atoms with E-state index in [-0.39, 0.29) is 0 Å². The highest BCUT2D eigenvalue weighted by Crippen LogP contribution is 2.29. The molecule has 78 valence electrons. The smallest absolute Gasteiger partial charge is 0.295 e. The minimum absolute atomic E-state index is 0.596. The van der Waals surface area contributed by atoms with Crippen molar-refractivity contribution in [3.8, 4) is 0 Å². The highest BCUT2D eigenvalue weighted by atomic mass is 35.5. The van der Waals surface area contributed by atoms with Crippen molar-refractivity contribution in [2.45, 2.75) is 12.8 Å². The Morgan fingerprint density at radius 1 is 1.47 bits per heavy atom. The second kappa shape index (κ2) is 3.42. The lowest BCUT2D eigenvalue weighted by atomic mass is 10.3. The molecule has 0 spiro atoms.